The number of sulfonamides is 1. The van der Waals surface area contributed by atoms with Crippen LogP contribution < -0.4 is 14.9 Å². The number of ether oxygens (including phenoxy) is 1. The molecular formula is C22H21N3O3S2. The Bertz CT molecular complexity index is 1210. The van der Waals surface area contributed by atoms with E-state index in [1.54, 1.807) is 30.8 Å². The van der Waals surface area contributed by atoms with E-state index in [1.807, 2.05) is 43.3 Å². The highest BCUT2D eigenvalue weighted by Crippen LogP contribution is 2.44. The minimum atomic E-state index is -3.77. The molecule has 154 valence electrons. The van der Waals surface area contributed by atoms with Crippen molar-refractivity contribution in [2.45, 2.75) is 28.5 Å². The van der Waals surface area contributed by atoms with Gasteiger partial charge in [0.05, 0.1) is 28.6 Å². The number of fused-ring (bicyclic) bond motifs is 2. The van der Waals surface area contributed by atoms with Gasteiger partial charge in [0.2, 0.25) is 0 Å². The van der Waals surface area contributed by atoms with Crippen molar-refractivity contribution in [2.75, 3.05) is 11.9 Å². The van der Waals surface area contributed by atoms with E-state index in [2.05, 4.69) is 21.3 Å². The van der Waals surface area contributed by atoms with Crippen LogP contribution >= 0.6 is 11.8 Å². The van der Waals surface area contributed by atoms with Crippen LogP contribution in [0.2, 0.25) is 0 Å². The fourth-order valence-electron chi connectivity index (χ4n) is 2.99. The number of benzene rings is 3. The quantitative estimate of drug-likeness (QED) is 0.327. The molecular weight excluding hydrogens is 418 g/mol. The number of rotatable bonds is 6. The summed E-state index contributed by atoms with van der Waals surface area (Å²) in [6.07, 6.45) is 0. The van der Waals surface area contributed by atoms with E-state index >= 15 is 0 Å². The Kier molecular flexibility index (Phi) is 5.69. The molecule has 6 nitrogen and oxygen atoms in total. The topological polar surface area (TPSA) is 79.8 Å². The van der Waals surface area contributed by atoms with Crippen molar-refractivity contribution in [2.24, 2.45) is 5.10 Å². The van der Waals surface area contributed by atoms with Gasteiger partial charge in [0.15, 0.2) is 0 Å². The second-order valence-corrected chi connectivity index (χ2v) is 9.38. The Morgan fingerprint density at radius 2 is 1.77 bits per heavy atom. The van der Waals surface area contributed by atoms with Gasteiger partial charge in [-0.3, -0.25) is 0 Å². The third kappa shape index (κ3) is 4.29. The van der Waals surface area contributed by atoms with Crippen LogP contribution in [0.3, 0.4) is 0 Å². The monoisotopic (exact) mass is 439 g/mol. The zero-order valence-corrected chi connectivity index (χ0v) is 18.2. The summed E-state index contributed by atoms with van der Waals surface area (Å²) in [5, 5.41) is 7.53. The highest BCUT2D eigenvalue weighted by atomic mass is 32.2. The van der Waals surface area contributed by atoms with E-state index in [4.69, 9.17) is 4.74 Å². The van der Waals surface area contributed by atoms with Crippen LogP contribution in [0.1, 0.15) is 19.4 Å². The molecule has 0 aromatic heterocycles. The average molecular weight is 440 g/mol. The molecule has 2 N–H and O–H groups in total. The molecule has 4 rings (SSSR count). The van der Waals surface area contributed by atoms with Crippen LogP contribution in [-0.2, 0) is 10.0 Å². The highest BCUT2D eigenvalue weighted by Gasteiger charge is 2.17. The van der Waals surface area contributed by atoms with Gasteiger partial charge in [0, 0.05) is 9.79 Å². The van der Waals surface area contributed by atoms with Gasteiger partial charge < -0.3 is 10.1 Å². The van der Waals surface area contributed by atoms with Gasteiger partial charge >= 0.3 is 0 Å². The number of hydrazone groups is 1. The van der Waals surface area contributed by atoms with Gasteiger partial charge in [0.25, 0.3) is 10.0 Å². The molecule has 0 unspecified atom stereocenters. The summed E-state index contributed by atoms with van der Waals surface area (Å²) in [6.45, 7) is 4.16. The Balaban J connectivity index is 1.51. The van der Waals surface area contributed by atoms with Crippen LogP contribution in [-0.4, -0.2) is 20.7 Å². The van der Waals surface area contributed by atoms with E-state index < -0.39 is 10.0 Å². The van der Waals surface area contributed by atoms with Crippen LogP contribution in [0, 0.1) is 0 Å². The molecule has 0 aliphatic carbocycles. The van der Waals surface area contributed by atoms with E-state index in [0.717, 1.165) is 21.8 Å². The molecule has 1 aliphatic rings. The fourth-order valence-corrected chi connectivity index (χ4v) is 4.82. The minimum absolute atomic E-state index is 0.127. The number of nitrogens with zero attached hydrogens (tertiary/aromatic N) is 1. The number of hydrogen-bond donors (Lipinski definition) is 2. The van der Waals surface area contributed by atoms with E-state index in [1.165, 1.54) is 17.0 Å². The third-order valence-corrected chi connectivity index (χ3v) is 6.93. The fraction of sp³-hybridized carbons (Fsp3) is 0.136. The van der Waals surface area contributed by atoms with E-state index in [-0.39, 0.29) is 4.90 Å². The van der Waals surface area contributed by atoms with Crippen LogP contribution in [0.15, 0.2) is 86.5 Å². The SMILES string of the molecule is CCOc1ccc(S(=O)(=O)NN=C(C)c2ccc3c(c2)Nc2ccccc2S3)cc1. The Morgan fingerprint density at radius 1 is 1.03 bits per heavy atom. The van der Waals surface area contributed by atoms with Gasteiger partial charge in [-0.1, -0.05) is 30.0 Å². The summed E-state index contributed by atoms with van der Waals surface area (Å²) >= 11 is 1.70. The van der Waals surface area contributed by atoms with Crippen molar-refractivity contribution in [3.05, 3.63) is 72.3 Å². The lowest BCUT2D eigenvalue weighted by molar-refractivity contribution is 0.340. The van der Waals surface area contributed by atoms with E-state index in [9.17, 15) is 8.42 Å². The summed E-state index contributed by atoms with van der Waals surface area (Å²) in [5.41, 5.74) is 3.42. The smallest absolute Gasteiger partial charge is 0.276 e. The van der Waals surface area contributed by atoms with Crippen LogP contribution in [0.25, 0.3) is 0 Å². The summed E-state index contributed by atoms with van der Waals surface area (Å²) in [6, 6.07) is 20.3. The standard InChI is InChI=1S/C22H21N3O3S2/c1-3-28-17-9-11-18(12-10-17)30(26,27)25-24-15(2)16-8-13-22-20(14-16)23-19-6-4-5-7-21(19)29-22/h4-14,23,25H,3H2,1-2H3. The first-order valence-electron chi connectivity index (χ1n) is 9.43. The van der Waals surface area contributed by atoms with E-state index in [0.29, 0.717) is 18.1 Å². The Labute approximate surface area is 180 Å². The van der Waals surface area contributed by atoms with Crippen molar-refractivity contribution in [3.63, 3.8) is 0 Å². The molecule has 8 heteroatoms. The van der Waals surface area contributed by atoms with Gasteiger partial charge in [-0.05, 0) is 67.9 Å². The first-order valence-corrected chi connectivity index (χ1v) is 11.7. The summed E-state index contributed by atoms with van der Waals surface area (Å²) in [5.74, 6) is 0.622. The molecule has 1 aliphatic heterocycles. The van der Waals surface area contributed by atoms with Crippen LogP contribution in [0.4, 0.5) is 11.4 Å². The Hall–Kier alpha value is -2.97. The largest absolute Gasteiger partial charge is 0.494 e. The van der Waals surface area contributed by atoms with Crippen molar-refractivity contribution in [1.82, 2.24) is 4.83 Å². The minimum Gasteiger partial charge on any atom is -0.494 e. The first kappa shape index (κ1) is 20.3. The molecule has 0 radical (unpaired) electrons. The molecule has 0 atom stereocenters. The lowest BCUT2D eigenvalue weighted by atomic mass is 10.1. The van der Waals surface area contributed by atoms with Gasteiger partial charge in [-0.25, -0.2) is 0 Å². The zero-order valence-electron chi connectivity index (χ0n) is 16.5. The maximum atomic E-state index is 12.5. The predicted molar refractivity (Wildman–Crippen MR) is 120 cm³/mol. The predicted octanol–water partition coefficient (Wildman–Crippen LogP) is 5.00. The number of para-hydroxylation sites is 1. The zero-order chi connectivity index (χ0) is 21.1. The van der Waals surface area contributed by atoms with Gasteiger partial charge in [-0.2, -0.15) is 18.4 Å². The molecule has 0 saturated heterocycles. The van der Waals surface area contributed by atoms with Gasteiger partial charge in [0.1, 0.15) is 5.75 Å². The summed E-state index contributed by atoms with van der Waals surface area (Å²) in [4.78, 5) is 4.73. The average Bonchev–Trinajstić information content (AvgIpc) is 2.76. The van der Waals surface area contributed by atoms with Crippen molar-refractivity contribution >= 4 is 38.9 Å². The second kappa shape index (κ2) is 8.41. The highest BCUT2D eigenvalue weighted by molar-refractivity contribution is 7.99. The normalized spacial score (nSPS) is 13.1. The molecule has 0 amide bonds. The molecule has 3 aromatic rings. The lowest BCUT2D eigenvalue weighted by Crippen LogP contribution is -2.20. The van der Waals surface area contributed by atoms with Crippen molar-refractivity contribution in [1.29, 1.82) is 0 Å². The molecule has 1 heterocycles. The molecule has 30 heavy (non-hydrogen) atoms. The molecule has 0 bridgehead atoms. The lowest BCUT2D eigenvalue weighted by Gasteiger charge is -2.21. The van der Waals surface area contributed by atoms with Crippen molar-refractivity contribution < 1.29 is 13.2 Å². The number of nitrogens with one attached hydrogen (secondary N) is 2. The summed E-state index contributed by atoms with van der Waals surface area (Å²) in [7, 11) is -3.77. The number of anilines is 2. The van der Waals surface area contributed by atoms with Crippen LogP contribution in [0.5, 0.6) is 5.75 Å². The first-order chi connectivity index (χ1) is 14.5. The molecule has 0 fully saturated rings. The maximum absolute atomic E-state index is 12.5. The summed E-state index contributed by atoms with van der Waals surface area (Å²) < 4.78 is 30.4. The second-order valence-electron chi connectivity index (χ2n) is 6.63. The molecule has 0 saturated carbocycles. The number of hydrogen-bond acceptors (Lipinski definition) is 6. The Morgan fingerprint density at radius 3 is 2.53 bits per heavy atom. The molecule has 3 aromatic carbocycles. The third-order valence-electron chi connectivity index (χ3n) is 4.55. The van der Waals surface area contributed by atoms with Gasteiger partial charge in [-0.15, -0.1) is 0 Å². The maximum Gasteiger partial charge on any atom is 0.276 e. The molecule has 0 spiro atoms. The van der Waals surface area contributed by atoms with Crippen molar-refractivity contribution in [3.8, 4) is 5.75 Å².